The highest BCUT2D eigenvalue weighted by Gasteiger charge is 2.09. The number of aromatic nitrogens is 2. The Morgan fingerprint density at radius 2 is 2.00 bits per heavy atom. The molecule has 3 rings (SSSR count). The van der Waals surface area contributed by atoms with Gasteiger partial charge >= 0.3 is 0 Å². The first-order valence-electron chi connectivity index (χ1n) is 6.36. The van der Waals surface area contributed by atoms with Gasteiger partial charge < -0.3 is 4.40 Å². The Balaban J connectivity index is 1.75. The number of amides is 1. The molecule has 1 amide bonds. The van der Waals surface area contributed by atoms with Crippen molar-refractivity contribution in [1.29, 1.82) is 0 Å². The van der Waals surface area contributed by atoms with Gasteiger partial charge in [-0.2, -0.15) is 5.10 Å². The Bertz CT molecular complexity index is 873. The second kappa shape index (κ2) is 6.17. The van der Waals surface area contributed by atoms with Gasteiger partial charge in [0.2, 0.25) is 0 Å². The molecule has 0 radical (unpaired) electrons. The van der Waals surface area contributed by atoms with Crippen LogP contribution in [0, 0.1) is 0 Å². The molecule has 1 N–H and O–H groups in total. The maximum absolute atomic E-state index is 12.0. The number of hydrazone groups is 1. The summed E-state index contributed by atoms with van der Waals surface area (Å²) in [7, 11) is 0. The maximum Gasteiger partial charge on any atom is 0.291 e. The van der Waals surface area contributed by atoms with E-state index in [-0.39, 0.29) is 5.69 Å². The minimum Gasteiger partial charge on any atom is -0.305 e. The molecule has 3 aromatic rings. The first-order chi connectivity index (χ1) is 10.6. The molecule has 0 fully saturated rings. The zero-order chi connectivity index (χ0) is 15.5. The second-order valence-corrected chi connectivity index (χ2v) is 5.30. The highest BCUT2D eigenvalue weighted by Crippen LogP contribution is 2.13. The number of nitrogens with one attached hydrogen (secondary N) is 1. The van der Waals surface area contributed by atoms with Crippen LogP contribution in [-0.2, 0) is 0 Å². The summed E-state index contributed by atoms with van der Waals surface area (Å²) in [4.78, 5) is 16.2. The molecule has 0 unspecified atom stereocenters. The molecular weight excluding hydrogens is 323 g/mol. The van der Waals surface area contributed by atoms with E-state index >= 15 is 0 Å². The van der Waals surface area contributed by atoms with E-state index in [2.05, 4.69) is 15.5 Å². The van der Waals surface area contributed by atoms with Crippen molar-refractivity contribution < 1.29 is 4.79 Å². The van der Waals surface area contributed by atoms with Gasteiger partial charge in [-0.05, 0) is 18.2 Å². The number of carbonyl (C=O) groups is 1. The first-order valence-corrected chi connectivity index (χ1v) is 7.11. The van der Waals surface area contributed by atoms with Gasteiger partial charge in [0, 0.05) is 23.0 Å². The average molecular weight is 333 g/mol. The molecule has 7 heteroatoms. The smallest absolute Gasteiger partial charge is 0.291 e. The van der Waals surface area contributed by atoms with Gasteiger partial charge in [0.05, 0.1) is 11.2 Å². The standard InChI is InChI=1S/C15H10Cl2N4O/c16-11-5-6-14-19-13(9-21(14)8-11)15(22)20-18-7-10-3-1-2-4-12(10)17/h1-9H,(H,20,22)/b18-7+. The van der Waals surface area contributed by atoms with Crippen molar-refractivity contribution in [1.82, 2.24) is 14.8 Å². The fourth-order valence-electron chi connectivity index (χ4n) is 1.87. The van der Waals surface area contributed by atoms with E-state index in [0.29, 0.717) is 21.3 Å². The Labute approximate surface area is 136 Å². The molecule has 0 saturated carbocycles. The maximum atomic E-state index is 12.0. The van der Waals surface area contributed by atoms with Crippen LogP contribution in [0.5, 0.6) is 0 Å². The minimum atomic E-state index is -0.414. The SMILES string of the molecule is O=C(N/N=C/c1ccccc1Cl)c1cn2cc(Cl)ccc2n1. The van der Waals surface area contributed by atoms with Crippen LogP contribution >= 0.6 is 23.2 Å². The zero-order valence-electron chi connectivity index (χ0n) is 11.2. The second-order valence-electron chi connectivity index (χ2n) is 4.46. The number of benzene rings is 1. The molecule has 0 atom stereocenters. The van der Waals surface area contributed by atoms with Crippen molar-refractivity contribution >= 4 is 41.0 Å². The number of rotatable bonds is 3. The fraction of sp³-hybridized carbons (Fsp3) is 0. The summed E-state index contributed by atoms with van der Waals surface area (Å²) >= 11 is 11.9. The predicted octanol–water partition coefficient (Wildman–Crippen LogP) is 3.41. The summed E-state index contributed by atoms with van der Waals surface area (Å²) in [6.07, 6.45) is 4.74. The van der Waals surface area contributed by atoms with Crippen LogP contribution in [0.15, 0.2) is 53.9 Å². The number of pyridine rings is 1. The molecule has 0 spiro atoms. The third kappa shape index (κ3) is 3.10. The van der Waals surface area contributed by atoms with Crippen molar-refractivity contribution in [2.75, 3.05) is 0 Å². The molecule has 5 nitrogen and oxygen atoms in total. The van der Waals surface area contributed by atoms with Crippen molar-refractivity contribution in [3.8, 4) is 0 Å². The Morgan fingerprint density at radius 1 is 1.18 bits per heavy atom. The largest absolute Gasteiger partial charge is 0.305 e. The average Bonchev–Trinajstić information content (AvgIpc) is 2.92. The zero-order valence-corrected chi connectivity index (χ0v) is 12.7. The molecular formula is C15H10Cl2N4O. The third-order valence-electron chi connectivity index (χ3n) is 2.92. The van der Waals surface area contributed by atoms with Crippen LogP contribution in [0.1, 0.15) is 16.1 Å². The summed E-state index contributed by atoms with van der Waals surface area (Å²) in [5.41, 5.74) is 4.01. The lowest BCUT2D eigenvalue weighted by Gasteiger charge is -1.97. The van der Waals surface area contributed by atoms with Crippen LogP contribution in [-0.4, -0.2) is 21.5 Å². The van der Waals surface area contributed by atoms with Gasteiger partial charge in [-0.3, -0.25) is 4.79 Å². The normalized spacial score (nSPS) is 11.2. The van der Waals surface area contributed by atoms with Crippen LogP contribution < -0.4 is 5.43 Å². The highest BCUT2D eigenvalue weighted by atomic mass is 35.5. The number of hydrogen-bond donors (Lipinski definition) is 1. The topological polar surface area (TPSA) is 58.8 Å². The lowest BCUT2D eigenvalue weighted by molar-refractivity contribution is 0.0951. The Morgan fingerprint density at radius 3 is 2.82 bits per heavy atom. The summed E-state index contributed by atoms with van der Waals surface area (Å²) in [6, 6.07) is 10.6. The summed E-state index contributed by atoms with van der Waals surface area (Å²) in [5, 5.41) is 5.00. The Kier molecular flexibility index (Phi) is 4.09. The molecule has 110 valence electrons. The third-order valence-corrected chi connectivity index (χ3v) is 3.49. The van der Waals surface area contributed by atoms with E-state index in [1.165, 1.54) is 6.21 Å². The van der Waals surface area contributed by atoms with E-state index < -0.39 is 5.91 Å². The van der Waals surface area contributed by atoms with Gasteiger partial charge in [-0.25, -0.2) is 10.4 Å². The van der Waals surface area contributed by atoms with Crippen LogP contribution in [0.3, 0.4) is 0 Å². The molecule has 0 bridgehead atoms. The van der Waals surface area contributed by atoms with E-state index in [0.717, 1.165) is 0 Å². The monoisotopic (exact) mass is 332 g/mol. The molecule has 0 aliphatic carbocycles. The Hall–Kier alpha value is -2.37. The number of carbonyl (C=O) groups excluding carboxylic acids is 1. The van der Waals surface area contributed by atoms with Crippen LogP contribution in [0.25, 0.3) is 5.65 Å². The number of nitrogens with zero attached hydrogens (tertiary/aromatic N) is 3. The van der Waals surface area contributed by atoms with Crippen molar-refractivity contribution in [2.24, 2.45) is 5.10 Å². The summed E-state index contributed by atoms with van der Waals surface area (Å²) in [6.45, 7) is 0. The van der Waals surface area contributed by atoms with E-state index in [4.69, 9.17) is 23.2 Å². The number of imidazole rings is 1. The van der Waals surface area contributed by atoms with Gasteiger partial charge in [0.15, 0.2) is 0 Å². The molecule has 2 heterocycles. The number of hydrogen-bond acceptors (Lipinski definition) is 3. The lowest BCUT2D eigenvalue weighted by Crippen LogP contribution is -2.17. The van der Waals surface area contributed by atoms with Crippen molar-refractivity contribution in [3.63, 3.8) is 0 Å². The van der Waals surface area contributed by atoms with E-state index in [1.807, 2.05) is 12.1 Å². The molecule has 22 heavy (non-hydrogen) atoms. The van der Waals surface area contributed by atoms with Gasteiger partial charge in [-0.1, -0.05) is 41.4 Å². The minimum absolute atomic E-state index is 0.249. The van der Waals surface area contributed by atoms with Gasteiger partial charge in [0.25, 0.3) is 5.91 Å². The number of fused-ring (bicyclic) bond motifs is 1. The molecule has 0 aliphatic heterocycles. The molecule has 0 aliphatic rings. The van der Waals surface area contributed by atoms with E-state index in [9.17, 15) is 4.79 Å². The van der Waals surface area contributed by atoms with Crippen molar-refractivity contribution in [3.05, 3.63) is 70.1 Å². The quantitative estimate of drug-likeness (QED) is 0.590. The summed E-state index contributed by atoms with van der Waals surface area (Å²) in [5.74, 6) is -0.414. The molecule has 2 aromatic heterocycles. The van der Waals surface area contributed by atoms with Crippen LogP contribution in [0.2, 0.25) is 10.0 Å². The van der Waals surface area contributed by atoms with Crippen LogP contribution in [0.4, 0.5) is 0 Å². The van der Waals surface area contributed by atoms with Gasteiger partial charge in [0.1, 0.15) is 11.3 Å². The number of halogens is 2. The highest BCUT2D eigenvalue weighted by molar-refractivity contribution is 6.33. The van der Waals surface area contributed by atoms with Crippen molar-refractivity contribution in [2.45, 2.75) is 0 Å². The first kappa shape index (κ1) is 14.6. The van der Waals surface area contributed by atoms with Gasteiger partial charge in [-0.15, -0.1) is 0 Å². The molecule has 1 aromatic carbocycles. The predicted molar refractivity (Wildman–Crippen MR) is 86.7 cm³/mol. The fourth-order valence-corrected chi connectivity index (χ4v) is 2.22. The van der Waals surface area contributed by atoms with E-state index in [1.54, 1.807) is 41.1 Å². The summed E-state index contributed by atoms with van der Waals surface area (Å²) < 4.78 is 1.68. The lowest BCUT2D eigenvalue weighted by atomic mass is 10.2. The molecule has 0 saturated heterocycles.